The third-order valence-corrected chi connectivity index (χ3v) is 2.41. The molecular weight excluding hydrogens is 236 g/mol. The van der Waals surface area contributed by atoms with E-state index in [1.807, 2.05) is 6.07 Å². The molecule has 0 atom stereocenters. The fourth-order valence-electron chi connectivity index (χ4n) is 1.13. The van der Waals surface area contributed by atoms with E-state index in [9.17, 15) is 4.79 Å². The van der Waals surface area contributed by atoms with Crippen molar-refractivity contribution in [3.05, 3.63) is 34.5 Å². The second-order valence-corrected chi connectivity index (χ2v) is 3.42. The summed E-state index contributed by atoms with van der Waals surface area (Å²) >= 11 is 3.31. The van der Waals surface area contributed by atoms with Crippen LogP contribution in [0.1, 0.15) is 10.6 Å². The van der Waals surface area contributed by atoms with Gasteiger partial charge >= 0.3 is 5.97 Å². The number of halogens is 1. The average Bonchev–Trinajstić information content (AvgIpc) is 2.49. The van der Waals surface area contributed by atoms with Crippen LogP contribution >= 0.6 is 15.9 Å². The SMILES string of the molecule is O=C(O)c1cc2c(Br)cccc2o1. The number of carboxylic acids is 1. The summed E-state index contributed by atoms with van der Waals surface area (Å²) < 4.78 is 5.92. The Morgan fingerprint density at radius 1 is 1.46 bits per heavy atom. The normalized spacial score (nSPS) is 10.5. The number of hydrogen-bond acceptors (Lipinski definition) is 2. The average molecular weight is 241 g/mol. The quantitative estimate of drug-likeness (QED) is 0.834. The molecule has 0 bridgehead atoms. The molecule has 1 heterocycles. The summed E-state index contributed by atoms with van der Waals surface area (Å²) in [5.41, 5.74) is 0.576. The number of rotatable bonds is 1. The number of furan rings is 1. The van der Waals surface area contributed by atoms with Crippen LogP contribution in [0.2, 0.25) is 0 Å². The molecule has 0 spiro atoms. The molecule has 2 rings (SSSR count). The molecule has 0 aliphatic rings. The number of carbonyl (C=O) groups is 1. The third kappa shape index (κ3) is 1.33. The minimum Gasteiger partial charge on any atom is -0.475 e. The van der Waals surface area contributed by atoms with E-state index >= 15 is 0 Å². The standard InChI is InChI=1S/C9H5BrO3/c10-6-2-1-3-7-5(6)4-8(13-7)9(11)12/h1-4H,(H,11,12). The van der Waals surface area contributed by atoms with Gasteiger partial charge in [0.1, 0.15) is 5.58 Å². The Bertz CT molecular complexity index is 473. The van der Waals surface area contributed by atoms with E-state index in [0.29, 0.717) is 5.58 Å². The molecule has 0 amide bonds. The van der Waals surface area contributed by atoms with E-state index in [4.69, 9.17) is 9.52 Å². The monoisotopic (exact) mass is 240 g/mol. The smallest absolute Gasteiger partial charge is 0.371 e. The first kappa shape index (κ1) is 8.31. The van der Waals surface area contributed by atoms with Gasteiger partial charge < -0.3 is 9.52 Å². The van der Waals surface area contributed by atoms with E-state index in [2.05, 4.69) is 15.9 Å². The zero-order valence-electron chi connectivity index (χ0n) is 6.45. The fraction of sp³-hybridized carbons (Fsp3) is 0. The van der Waals surface area contributed by atoms with Crippen LogP contribution in [0.15, 0.2) is 33.2 Å². The molecule has 0 aliphatic carbocycles. The van der Waals surface area contributed by atoms with Gasteiger partial charge in [-0.2, -0.15) is 0 Å². The van der Waals surface area contributed by atoms with Crippen LogP contribution in [0.25, 0.3) is 11.0 Å². The van der Waals surface area contributed by atoms with Crippen molar-refractivity contribution < 1.29 is 14.3 Å². The van der Waals surface area contributed by atoms with Crippen molar-refractivity contribution >= 4 is 32.9 Å². The summed E-state index contributed by atoms with van der Waals surface area (Å²) in [6.45, 7) is 0. The van der Waals surface area contributed by atoms with Crippen LogP contribution in [-0.2, 0) is 0 Å². The molecule has 0 saturated heterocycles. The number of aromatic carboxylic acids is 1. The Morgan fingerprint density at radius 3 is 2.85 bits per heavy atom. The zero-order chi connectivity index (χ0) is 9.42. The van der Waals surface area contributed by atoms with Gasteiger partial charge in [0.25, 0.3) is 0 Å². The van der Waals surface area contributed by atoms with E-state index in [1.165, 1.54) is 6.07 Å². The molecule has 4 heteroatoms. The van der Waals surface area contributed by atoms with Crippen molar-refractivity contribution in [2.24, 2.45) is 0 Å². The second kappa shape index (κ2) is 2.88. The molecule has 0 fully saturated rings. The van der Waals surface area contributed by atoms with Crippen LogP contribution in [0.3, 0.4) is 0 Å². The molecule has 0 aliphatic heterocycles. The molecule has 3 nitrogen and oxygen atoms in total. The zero-order valence-corrected chi connectivity index (χ0v) is 8.04. The van der Waals surface area contributed by atoms with Crippen LogP contribution in [0.5, 0.6) is 0 Å². The Hall–Kier alpha value is -1.29. The Balaban J connectivity index is 2.75. The van der Waals surface area contributed by atoms with Gasteiger partial charge in [-0.05, 0) is 12.1 Å². The summed E-state index contributed by atoms with van der Waals surface area (Å²) in [7, 11) is 0. The third-order valence-electron chi connectivity index (χ3n) is 1.72. The van der Waals surface area contributed by atoms with Crippen molar-refractivity contribution in [2.45, 2.75) is 0 Å². The predicted molar refractivity (Wildman–Crippen MR) is 50.9 cm³/mol. The molecule has 0 unspecified atom stereocenters. The van der Waals surface area contributed by atoms with Gasteiger partial charge in [-0.1, -0.05) is 22.0 Å². The Labute approximate surface area is 82.1 Å². The largest absolute Gasteiger partial charge is 0.475 e. The minimum atomic E-state index is -1.05. The first-order valence-electron chi connectivity index (χ1n) is 3.60. The number of fused-ring (bicyclic) bond motifs is 1. The summed E-state index contributed by atoms with van der Waals surface area (Å²) in [5, 5.41) is 9.45. The van der Waals surface area contributed by atoms with Crippen LogP contribution in [0, 0.1) is 0 Å². The van der Waals surface area contributed by atoms with E-state index in [0.717, 1.165) is 9.86 Å². The van der Waals surface area contributed by atoms with Gasteiger partial charge in [-0.25, -0.2) is 4.79 Å². The molecule has 13 heavy (non-hydrogen) atoms. The first-order chi connectivity index (χ1) is 6.18. The molecule has 2 aromatic rings. The molecule has 0 saturated carbocycles. The van der Waals surface area contributed by atoms with E-state index in [1.54, 1.807) is 12.1 Å². The summed E-state index contributed by atoms with van der Waals surface area (Å²) in [6.07, 6.45) is 0. The first-order valence-corrected chi connectivity index (χ1v) is 4.39. The Morgan fingerprint density at radius 2 is 2.23 bits per heavy atom. The van der Waals surface area contributed by atoms with E-state index < -0.39 is 5.97 Å². The highest BCUT2D eigenvalue weighted by atomic mass is 79.9. The van der Waals surface area contributed by atoms with Crippen molar-refractivity contribution in [1.82, 2.24) is 0 Å². The second-order valence-electron chi connectivity index (χ2n) is 2.57. The lowest BCUT2D eigenvalue weighted by atomic mass is 10.2. The summed E-state index contributed by atoms with van der Waals surface area (Å²) in [4.78, 5) is 10.6. The van der Waals surface area contributed by atoms with E-state index in [-0.39, 0.29) is 5.76 Å². The Kier molecular flexibility index (Phi) is 1.84. The molecule has 66 valence electrons. The van der Waals surface area contributed by atoms with Crippen LogP contribution in [-0.4, -0.2) is 11.1 Å². The summed E-state index contributed by atoms with van der Waals surface area (Å²) in [5.74, 6) is -1.09. The van der Waals surface area contributed by atoms with Gasteiger partial charge in [-0.3, -0.25) is 0 Å². The van der Waals surface area contributed by atoms with Gasteiger partial charge in [0, 0.05) is 15.9 Å². The van der Waals surface area contributed by atoms with Gasteiger partial charge in [0.15, 0.2) is 0 Å². The lowest BCUT2D eigenvalue weighted by Gasteiger charge is -1.88. The molecule has 1 aromatic carbocycles. The van der Waals surface area contributed by atoms with Crippen molar-refractivity contribution in [3.8, 4) is 0 Å². The molecular formula is C9H5BrO3. The number of benzene rings is 1. The highest BCUT2D eigenvalue weighted by Crippen LogP contribution is 2.26. The van der Waals surface area contributed by atoms with Crippen LogP contribution < -0.4 is 0 Å². The van der Waals surface area contributed by atoms with Crippen LogP contribution in [0.4, 0.5) is 0 Å². The maximum atomic E-state index is 10.6. The van der Waals surface area contributed by atoms with Crippen molar-refractivity contribution in [2.75, 3.05) is 0 Å². The van der Waals surface area contributed by atoms with Crippen molar-refractivity contribution in [3.63, 3.8) is 0 Å². The number of hydrogen-bond donors (Lipinski definition) is 1. The van der Waals surface area contributed by atoms with Gasteiger partial charge in [0.2, 0.25) is 5.76 Å². The fourth-order valence-corrected chi connectivity index (χ4v) is 1.59. The topological polar surface area (TPSA) is 50.4 Å². The van der Waals surface area contributed by atoms with Gasteiger partial charge in [-0.15, -0.1) is 0 Å². The maximum absolute atomic E-state index is 10.6. The molecule has 1 N–H and O–H groups in total. The number of carboxylic acid groups (broad SMARTS) is 1. The predicted octanol–water partition coefficient (Wildman–Crippen LogP) is 2.89. The lowest BCUT2D eigenvalue weighted by Crippen LogP contribution is -1.91. The molecule has 0 radical (unpaired) electrons. The van der Waals surface area contributed by atoms with Crippen molar-refractivity contribution in [1.29, 1.82) is 0 Å². The van der Waals surface area contributed by atoms with Gasteiger partial charge in [0.05, 0.1) is 0 Å². The molecule has 1 aromatic heterocycles. The highest BCUT2D eigenvalue weighted by Gasteiger charge is 2.11. The maximum Gasteiger partial charge on any atom is 0.371 e. The minimum absolute atomic E-state index is 0.0399. The lowest BCUT2D eigenvalue weighted by molar-refractivity contribution is 0.0665. The summed E-state index contributed by atoms with van der Waals surface area (Å²) in [6, 6.07) is 6.86. The highest BCUT2D eigenvalue weighted by molar-refractivity contribution is 9.10.